The molecule has 0 saturated carbocycles. The molecule has 0 N–H and O–H groups in total. The second kappa shape index (κ2) is 6.33. The van der Waals surface area contributed by atoms with Gasteiger partial charge in [-0.2, -0.15) is 5.10 Å². The molecular formula is C22H22FN3O2. The minimum absolute atomic E-state index is 0.0171. The number of rotatable bonds is 1. The summed E-state index contributed by atoms with van der Waals surface area (Å²) in [6.45, 7) is 2.86. The summed E-state index contributed by atoms with van der Waals surface area (Å²) >= 11 is 0. The molecular weight excluding hydrogens is 357 g/mol. The van der Waals surface area contributed by atoms with Crippen LogP contribution in [0.15, 0.2) is 53.6 Å². The molecule has 1 atom stereocenters. The molecule has 0 unspecified atom stereocenters. The molecule has 0 aromatic heterocycles. The van der Waals surface area contributed by atoms with Gasteiger partial charge < -0.3 is 9.64 Å². The van der Waals surface area contributed by atoms with Crippen LogP contribution < -0.4 is 4.74 Å². The molecule has 0 bridgehead atoms. The van der Waals surface area contributed by atoms with Gasteiger partial charge in [0.15, 0.2) is 0 Å². The van der Waals surface area contributed by atoms with Crippen molar-refractivity contribution < 1.29 is 13.9 Å². The zero-order valence-corrected chi connectivity index (χ0v) is 15.8. The van der Waals surface area contributed by atoms with Crippen molar-refractivity contribution in [2.24, 2.45) is 5.10 Å². The van der Waals surface area contributed by atoms with Gasteiger partial charge in [-0.3, -0.25) is 4.79 Å². The number of ether oxygens (including phenoxy) is 1. The molecule has 1 saturated heterocycles. The zero-order valence-electron chi connectivity index (χ0n) is 15.8. The lowest BCUT2D eigenvalue weighted by atomic mass is 9.90. The fraction of sp³-hybridized carbons (Fsp3) is 0.364. The van der Waals surface area contributed by atoms with E-state index in [4.69, 9.17) is 9.84 Å². The van der Waals surface area contributed by atoms with Gasteiger partial charge in [0.05, 0.1) is 11.8 Å². The maximum absolute atomic E-state index is 14.4. The van der Waals surface area contributed by atoms with Crippen molar-refractivity contribution in [2.45, 2.75) is 38.0 Å². The quantitative estimate of drug-likeness (QED) is 0.759. The van der Waals surface area contributed by atoms with Crippen LogP contribution in [0.5, 0.6) is 5.75 Å². The number of benzene rings is 2. The average molecular weight is 379 g/mol. The second-order valence-electron chi connectivity index (χ2n) is 7.68. The van der Waals surface area contributed by atoms with Crippen LogP contribution >= 0.6 is 0 Å². The Kier molecular flexibility index (Phi) is 3.89. The number of nitrogens with zero attached hydrogens (tertiary/aromatic N) is 3. The normalized spacial score (nSPS) is 22.4. The third kappa shape index (κ3) is 2.58. The van der Waals surface area contributed by atoms with Crippen molar-refractivity contribution in [3.63, 3.8) is 0 Å². The maximum atomic E-state index is 14.4. The van der Waals surface area contributed by atoms with E-state index >= 15 is 0 Å². The van der Waals surface area contributed by atoms with Crippen molar-refractivity contribution >= 4 is 11.6 Å². The number of fused-ring (bicyclic) bond motifs is 4. The molecule has 1 spiro atoms. The summed E-state index contributed by atoms with van der Waals surface area (Å²) in [5.74, 6) is 0.695. The highest BCUT2D eigenvalue weighted by molar-refractivity contribution is 6.02. The summed E-state index contributed by atoms with van der Waals surface area (Å²) in [5.41, 5.74) is 1.78. The van der Waals surface area contributed by atoms with E-state index in [2.05, 4.69) is 6.07 Å². The van der Waals surface area contributed by atoms with Gasteiger partial charge in [0.2, 0.25) is 11.6 Å². The van der Waals surface area contributed by atoms with Crippen LogP contribution in [0.1, 0.15) is 43.4 Å². The number of carbonyl (C=O) groups excluding carboxylic acids is 1. The summed E-state index contributed by atoms with van der Waals surface area (Å²) in [4.78, 5) is 13.6. The van der Waals surface area contributed by atoms with Crippen molar-refractivity contribution in [3.05, 3.63) is 65.5 Å². The third-order valence-corrected chi connectivity index (χ3v) is 6.08. The fourth-order valence-electron chi connectivity index (χ4n) is 4.59. The molecule has 2 aromatic carbocycles. The van der Waals surface area contributed by atoms with Gasteiger partial charge in [-0.1, -0.05) is 36.4 Å². The maximum Gasteiger partial charge on any atom is 0.219 e. The minimum Gasteiger partial charge on any atom is -0.466 e. The van der Waals surface area contributed by atoms with E-state index < -0.39 is 5.72 Å². The number of amides is 1. The topological polar surface area (TPSA) is 45.1 Å². The van der Waals surface area contributed by atoms with Crippen LogP contribution in [0.3, 0.4) is 0 Å². The standard InChI is InChI=1S/C22H22FN3O2/c1-15(27)25-12-10-22(11-13-25)26-20(17-7-3-5-9-21(17)28-22)14-19(24-26)16-6-2-4-8-18(16)23/h2-9,20H,10-14H2,1H3/t20-/m0/s1. The van der Waals surface area contributed by atoms with Crippen LogP contribution in [-0.4, -0.2) is 40.3 Å². The van der Waals surface area contributed by atoms with Gasteiger partial charge in [0.1, 0.15) is 11.6 Å². The van der Waals surface area contributed by atoms with Crippen LogP contribution in [0.4, 0.5) is 4.39 Å². The molecule has 0 radical (unpaired) electrons. The van der Waals surface area contributed by atoms with Gasteiger partial charge >= 0.3 is 0 Å². The summed E-state index contributed by atoms with van der Waals surface area (Å²) in [7, 11) is 0. The lowest BCUT2D eigenvalue weighted by Crippen LogP contribution is -2.59. The summed E-state index contributed by atoms with van der Waals surface area (Å²) < 4.78 is 20.9. The number of piperidine rings is 1. The SMILES string of the molecule is CC(=O)N1CCC2(CC1)Oc1ccccc1[C@@H]1CC(c3ccccc3F)=NN12. The molecule has 1 fully saturated rings. The van der Waals surface area contributed by atoms with E-state index in [0.717, 1.165) is 17.0 Å². The largest absolute Gasteiger partial charge is 0.466 e. The van der Waals surface area contributed by atoms with E-state index in [-0.39, 0.29) is 17.8 Å². The van der Waals surface area contributed by atoms with Gasteiger partial charge in [-0.25, -0.2) is 9.40 Å². The smallest absolute Gasteiger partial charge is 0.219 e. The first-order valence-electron chi connectivity index (χ1n) is 9.73. The predicted molar refractivity (Wildman–Crippen MR) is 103 cm³/mol. The average Bonchev–Trinajstić information content (AvgIpc) is 3.15. The Labute approximate surface area is 163 Å². The van der Waals surface area contributed by atoms with E-state index in [1.165, 1.54) is 6.07 Å². The fourth-order valence-corrected chi connectivity index (χ4v) is 4.59. The number of carbonyl (C=O) groups is 1. The molecule has 3 heterocycles. The zero-order chi connectivity index (χ0) is 19.3. The Hall–Kier alpha value is -2.89. The molecule has 5 rings (SSSR count). The first-order chi connectivity index (χ1) is 13.6. The second-order valence-corrected chi connectivity index (χ2v) is 7.68. The molecule has 0 aliphatic carbocycles. The monoisotopic (exact) mass is 379 g/mol. The van der Waals surface area contributed by atoms with Gasteiger partial charge in [0.25, 0.3) is 0 Å². The van der Waals surface area contributed by atoms with Crippen LogP contribution in [0.2, 0.25) is 0 Å². The van der Waals surface area contributed by atoms with Crippen molar-refractivity contribution in [1.82, 2.24) is 9.91 Å². The Morgan fingerprint density at radius 1 is 1.14 bits per heavy atom. The molecule has 3 aliphatic heterocycles. The van der Waals surface area contributed by atoms with E-state index in [1.807, 2.05) is 34.2 Å². The van der Waals surface area contributed by atoms with Crippen molar-refractivity contribution in [3.8, 4) is 5.75 Å². The van der Waals surface area contributed by atoms with Crippen molar-refractivity contribution in [2.75, 3.05) is 13.1 Å². The minimum atomic E-state index is -0.599. The molecule has 3 aliphatic rings. The van der Waals surface area contributed by atoms with E-state index in [1.54, 1.807) is 19.1 Å². The molecule has 28 heavy (non-hydrogen) atoms. The van der Waals surface area contributed by atoms with Crippen LogP contribution in [0.25, 0.3) is 0 Å². The Balaban J connectivity index is 1.56. The van der Waals surface area contributed by atoms with Gasteiger partial charge in [-0.15, -0.1) is 0 Å². The lowest BCUT2D eigenvalue weighted by Gasteiger charge is -2.51. The highest BCUT2D eigenvalue weighted by atomic mass is 19.1. The number of likely N-dealkylation sites (tertiary alicyclic amines) is 1. The lowest BCUT2D eigenvalue weighted by molar-refractivity contribution is -0.158. The van der Waals surface area contributed by atoms with E-state index in [9.17, 15) is 9.18 Å². The Morgan fingerprint density at radius 2 is 1.86 bits per heavy atom. The summed E-state index contributed by atoms with van der Waals surface area (Å²) in [6, 6.07) is 14.8. The number of hydrogen-bond donors (Lipinski definition) is 0. The van der Waals surface area contributed by atoms with Crippen LogP contribution in [0, 0.1) is 5.82 Å². The highest BCUT2D eigenvalue weighted by Crippen LogP contribution is 2.49. The van der Waals surface area contributed by atoms with Gasteiger partial charge in [-0.05, 0) is 12.1 Å². The summed E-state index contributed by atoms with van der Waals surface area (Å²) in [6.07, 6.45) is 1.98. The Bertz CT molecular complexity index is 966. The number of hydrazone groups is 1. The van der Waals surface area contributed by atoms with Gasteiger partial charge in [0, 0.05) is 50.4 Å². The molecule has 144 valence electrons. The summed E-state index contributed by atoms with van der Waals surface area (Å²) in [5, 5.41) is 6.90. The highest BCUT2D eigenvalue weighted by Gasteiger charge is 2.52. The molecule has 5 nitrogen and oxygen atoms in total. The van der Waals surface area contributed by atoms with Crippen molar-refractivity contribution in [1.29, 1.82) is 0 Å². The van der Waals surface area contributed by atoms with E-state index in [0.29, 0.717) is 37.9 Å². The third-order valence-electron chi connectivity index (χ3n) is 6.08. The first kappa shape index (κ1) is 17.2. The molecule has 2 aromatic rings. The number of hydrogen-bond acceptors (Lipinski definition) is 4. The number of halogens is 1. The molecule has 1 amide bonds. The Morgan fingerprint density at radius 3 is 2.61 bits per heavy atom. The van der Waals surface area contributed by atoms with Crippen LogP contribution in [-0.2, 0) is 4.79 Å². The predicted octanol–water partition coefficient (Wildman–Crippen LogP) is 3.71. The molecule has 6 heteroatoms. The first-order valence-corrected chi connectivity index (χ1v) is 9.73. The number of para-hydroxylation sites is 1.